The van der Waals surface area contributed by atoms with Crippen LogP contribution >= 0.6 is 0 Å². The van der Waals surface area contributed by atoms with Gasteiger partial charge in [0.25, 0.3) is 0 Å². The molecule has 0 saturated carbocycles. The molecular weight excluding hydrogens is 374 g/mol. The lowest BCUT2D eigenvalue weighted by Crippen LogP contribution is -2.39. The second kappa shape index (κ2) is 7.71. The topological polar surface area (TPSA) is 112 Å². The van der Waals surface area contributed by atoms with Gasteiger partial charge in [-0.05, 0) is 61.6 Å². The predicted octanol–water partition coefficient (Wildman–Crippen LogP) is 1.60. The van der Waals surface area contributed by atoms with Crippen molar-refractivity contribution in [3.8, 4) is 0 Å². The molecule has 2 aromatic rings. The summed E-state index contributed by atoms with van der Waals surface area (Å²) >= 11 is 0. The Kier molecular flexibility index (Phi) is 5.10. The van der Waals surface area contributed by atoms with Crippen LogP contribution in [0.15, 0.2) is 28.7 Å². The Bertz CT molecular complexity index is 963. The largest absolute Gasteiger partial charge is 0.464 e. The number of carbonyl (C=O) groups excluding carboxylic acids is 3. The van der Waals surface area contributed by atoms with Crippen molar-refractivity contribution in [3.63, 3.8) is 0 Å². The number of nitrogens with one attached hydrogen (secondary N) is 2. The first-order chi connectivity index (χ1) is 13.9. The first kappa shape index (κ1) is 19.2. The van der Waals surface area contributed by atoms with Crippen LogP contribution in [0.4, 0.5) is 11.4 Å². The summed E-state index contributed by atoms with van der Waals surface area (Å²) in [5.41, 5.74) is 3.53. The number of anilines is 2. The van der Waals surface area contributed by atoms with E-state index in [0.29, 0.717) is 30.0 Å². The number of aliphatic hydroxyl groups is 1. The van der Waals surface area contributed by atoms with Gasteiger partial charge in [-0.15, -0.1) is 0 Å². The van der Waals surface area contributed by atoms with E-state index in [2.05, 4.69) is 10.6 Å². The average Bonchev–Trinajstić information content (AvgIpc) is 3.15. The van der Waals surface area contributed by atoms with E-state index in [9.17, 15) is 19.5 Å². The Labute approximate surface area is 167 Å². The summed E-state index contributed by atoms with van der Waals surface area (Å²) in [5, 5.41) is 15.1. The molecule has 3 amide bonds. The summed E-state index contributed by atoms with van der Waals surface area (Å²) in [4.78, 5) is 38.4. The normalized spacial score (nSPS) is 16.2. The van der Waals surface area contributed by atoms with E-state index < -0.39 is 17.9 Å². The van der Waals surface area contributed by atoms with E-state index in [1.807, 2.05) is 17.0 Å². The van der Waals surface area contributed by atoms with Crippen LogP contribution in [0.5, 0.6) is 0 Å². The van der Waals surface area contributed by atoms with Crippen molar-refractivity contribution in [2.45, 2.75) is 38.7 Å². The second-order valence-electron chi connectivity index (χ2n) is 7.42. The number of amides is 3. The summed E-state index contributed by atoms with van der Waals surface area (Å²) in [7, 11) is 0. The van der Waals surface area contributed by atoms with Gasteiger partial charge in [0.1, 0.15) is 17.6 Å². The lowest BCUT2D eigenvalue weighted by molar-refractivity contribution is -0.136. The highest BCUT2D eigenvalue weighted by molar-refractivity contribution is 6.39. The number of benzene rings is 1. The van der Waals surface area contributed by atoms with Crippen LogP contribution in [0.1, 0.15) is 41.6 Å². The number of furan rings is 1. The van der Waals surface area contributed by atoms with E-state index in [1.54, 1.807) is 19.1 Å². The number of nitrogens with zero attached hydrogens (tertiary/aromatic N) is 1. The maximum absolute atomic E-state index is 12.3. The number of hydrogen-bond acceptors (Lipinski definition) is 5. The number of carbonyl (C=O) groups is 3. The molecule has 8 heteroatoms. The number of hydrogen-bond donors (Lipinski definition) is 3. The highest BCUT2D eigenvalue weighted by Gasteiger charge is 2.30. The van der Waals surface area contributed by atoms with Crippen LogP contribution in [-0.4, -0.2) is 35.9 Å². The fourth-order valence-electron chi connectivity index (χ4n) is 3.92. The summed E-state index contributed by atoms with van der Waals surface area (Å²) in [5.74, 6) is -0.522. The zero-order valence-corrected chi connectivity index (χ0v) is 16.2. The first-order valence-corrected chi connectivity index (χ1v) is 9.72. The minimum atomic E-state index is -1.03. The van der Waals surface area contributed by atoms with Crippen LogP contribution in [0.25, 0.3) is 0 Å². The van der Waals surface area contributed by atoms with Gasteiger partial charge in [-0.1, -0.05) is 0 Å². The van der Waals surface area contributed by atoms with E-state index in [1.165, 1.54) is 0 Å². The van der Waals surface area contributed by atoms with Gasteiger partial charge in [0.15, 0.2) is 0 Å². The highest BCUT2D eigenvalue weighted by Crippen LogP contribution is 2.37. The molecule has 0 radical (unpaired) electrons. The standard InChI is InChI=1S/C21H23N3O5/c1-12-4-6-17(29-12)16(25)11-22-20(27)21(28)23-15-9-13-3-2-8-24-18(26)7-5-14(10-15)19(13)24/h4,6,9-10,16,25H,2-3,5,7-8,11H2,1H3,(H,22,27)(H,23,28). The molecule has 0 bridgehead atoms. The van der Waals surface area contributed by atoms with Gasteiger partial charge in [-0.3, -0.25) is 14.4 Å². The zero-order valence-electron chi connectivity index (χ0n) is 16.2. The molecule has 8 nitrogen and oxygen atoms in total. The second-order valence-corrected chi connectivity index (χ2v) is 7.42. The molecule has 2 aliphatic heterocycles. The minimum absolute atomic E-state index is 0.133. The van der Waals surface area contributed by atoms with Crippen molar-refractivity contribution in [2.24, 2.45) is 0 Å². The van der Waals surface area contributed by atoms with Crippen LogP contribution in [0.2, 0.25) is 0 Å². The molecule has 3 N–H and O–H groups in total. The lowest BCUT2D eigenvalue weighted by atomic mass is 9.91. The van der Waals surface area contributed by atoms with Gasteiger partial charge in [0, 0.05) is 18.7 Å². The summed E-state index contributed by atoms with van der Waals surface area (Å²) in [6.45, 7) is 2.35. The van der Waals surface area contributed by atoms with E-state index >= 15 is 0 Å². The summed E-state index contributed by atoms with van der Waals surface area (Å²) in [6.07, 6.45) is 1.76. The number of rotatable bonds is 4. The first-order valence-electron chi connectivity index (χ1n) is 9.72. The highest BCUT2D eigenvalue weighted by atomic mass is 16.4. The van der Waals surface area contributed by atoms with Crippen molar-refractivity contribution in [1.82, 2.24) is 5.32 Å². The Morgan fingerprint density at radius 2 is 1.93 bits per heavy atom. The van der Waals surface area contributed by atoms with Gasteiger partial charge in [0.2, 0.25) is 5.91 Å². The van der Waals surface area contributed by atoms with E-state index in [0.717, 1.165) is 36.2 Å². The molecule has 1 unspecified atom stereocenters. The van der Waals surface area contributed by atoms with Gasteiger partial charge in [0.05, 0.1) is 12.2 Å². The summed E-state index contributed by atoms with van der Waals surface area (Å²) < 4.78 is 5.30. The van der Waals surface area contributed by atoms with Crippen molar-refractivity contribution in [2.75, 3.05) is 23.3 Å². The molecule has 1 aromatic carbocycles. The Morgan fingerprint density at radius 3 is 2.66 bits per heavy atom. The van der Waals surface area contributed by atoms with Crippen molar-refractivity contribution in [3.05, 3.63) is 46.9 Å². The van der Waals surface area contributed by atoms with Crippen LogP contribution in [0.3, 0.4) is 0 Å². The third-order valence-electron chi connectivity index (χ3n) is 5.28. The molecule has 1 atom stereocenters. The SMILES string of the molecule is Cc1ccc(C(O)CNC(=O)C(=O)Nc2cc3c4c(c2)CCC(=O)N4CCC3)o1. The monoisotopic (exact) mass is 397 g/mol. The molecule has 0 spiro atoms. The molecule has 2 aliphatic rings. The molecule has 1 aromatic heterocycles. The lowest BCUT2D eigenvalue weighted by Gasteiger charge is -2.35. The quantitative estimate of drug-likeness (QED) is 0.679. The molecule has 152 valence electrons. The molecule has 29 heavy (non-hydrogen) atoms. The average molecular weight is 397 g/mol. The number of aryl methyl sites for hydroxylation is 3. The fourth-order valence-corrected chi connectivity index (χ4v) is 3.92. The Hall–Kier alpha value is -3.13. The van der Waals surface area contributed by atoms with Crippen molar-refractivity contribution >= 4 is 29.1 Å². The fraction of sp³-hybridized carbons (Fsp3) is 0.381. The van der Waals surface area contributed by atoms with Gasteiger partial charge in [-0.2, -0.15) is 0 Å². The van der Waals surface area contributed by atoms with Crippen molar-refractivity contribution < 1.29 is 23.9 Å². The van der Waals surface area contributed by atoms with Gasteiger partial charge < -0.3 is 25.1 Å². The zero-order chi connectivity index (χ0) is 20.5. The molecule has 4 rings (SSSR count). The maximum Gasteiger partial charge on any atom is 0.313 e. The Balaban J connectivity index is 1.41. The van der Waals surface area contributed by atoms with E-state index in [-0.39, 0.29) is 12.5 Å². The van der Waals surface area contributed by atoms with Crippen molar-refractivity contribution in [1.29, 1.82) is 0 Å². The van der Waals surface area contributed by atoms with Crippen LogP contribution < -0.4 is 15.5 Å². The maximum atomic E-state index is 12.3. The van der Waals surface area contributed by atoms with Crippen LogP contribution in [0, 0.1) is 6.92 Å². The predicted molar refractivity (Wildman–Crippen MR) is 105 cm³/mol. The minimum Gasteiger partial charge on any atom is -0.464 e. The molecular formula is C21H23N3O5. The summed E-state index contributed by atoms with van der Waals surface area (Å²) in [6, 6.07) is 6.99. The smallest absolute Gasteiger partial charge is 0.313 e. The van der Waals surface area contributed by atoms with E-state index in [4.69, 9.17) is 4.42 Å². The molecule has 0 aliphatic carbocycles. The van der Waals surface area contributed by atoms with Gasteiger partial charge in [-0.25, -0.2) is 0 Å². The third kappa shape index (κ3) is 3.88. The van der Waals surface area contributed by atoms with Gasteiger partial charge >= 0.3 is 11.8 Å². The Morgan fingerprint density at radius 1 is 1.17 bits per heavy atom. The molecule has 0 saturated heterocycles. The van der Waals surface area contributed by atoms with Crippen LogP contribution in [-0.2, 0) is 27.2 Å². The third-order valence-corrected chi connectivity index (χ3v) is 5.28. The molecule has 3 heterocycles. The number of aliphatic hydroxyl groups excluding tert-OH is 1. The molecule has 0 fully saturated rings.